The first-order valence-corrected chi connectivity index (χ1v) is 8.96. The third-order valence-electron chi connectivity index (χ3n) is 4.34. The summed E-state index contributed by atoms with van der Waals surface area (Å²) in [4.78, 5) is 14.4. The molecule has 0 saturated heterocycles. The van der Waals surface area contributed by atoms with Crippen LogP contribution in [0.5, 0.6) is 23.0 Å². The van der Waals surface area contributed by atoms with Gasteiger partial charge in [-0.15, -0.1) is 0 Å². The average molecular weight is 385 g/mol. The number of carbonyl (C=O) groups excluding carboxylic acids is 1. The summed E-state index contributed by atoms with van der Waals surface area (Å²) in [5, 5.41) is 0. The summed E-state index contributed by atoms with van der Waals surface area (Å²) in [6, 6.07) is 11.2. The molecule has 0 fully saturated rings. The van der Waals surface area contributed by atoms with Gasteiger partial charge < -0.3 is 23.8 Å². The molecule has 1 amide bonds. The van der Waals surface area contributed by atoms with E-state index in [1.165, 1.54) is 0 Å². The number of amides is 1. The van der Waals surface area contributed by atoms with E-state index in [1.54, 1.807) is 45.5 Å². The first-order chi connectivity index (χ1) is 13.6. The van der Waals surface area contributed by atoms with Crippen molar-refractivity contribution in [2.75, 3.05) is 35.0 Å². The number of methoxy groups -OCH3 is 4. The summed E-state index contributed by atoms with van der Waals surface area (Å²) in [5.41, 5.74) is 1.82. The van der Waals surface area contributed by atoms with Crippen molar-refractivity contribution in [2.24, 2.45) is 0 Å². The van der Waals surface area contributed by atoms with Crippen LogP contribution in [0.4, 0.5) is 0 Å². The summed E-state index contributed by atoms with van der Waals surface area (Å²) < 4.78 is 21.1. The predicted octanol–water partition coefficient (Wildman–Crippen LogP) is 3.78. The van der Waals surface area contributed by atoms with Crippen LogP contribution < -0.4 is 18.9 Å². The number of nitrogens with zero attached hydrogens (tertiary/aromatic N) is 1. The van der Waals surface area contributed by atoms with E-state index in [1.807, 2.05) is 43.3 Å². The maximum atomic E-state index is 12.6. The van der Waals surface area contributed by atoms with E-state index >= 15 is 0 Å². The van der Waals surface area contributed by atoms with Crippen LogP contribution in [0.1, 0.15) is 18.1 Å². The van der Waals surface area contributed by atoms with Gasteiger partial charge in [0.1, 0.15) is 0 Å². The third-order valence-corrected chi connectivity index (χ3v) is 4.34. The van der Waals surface area contributed by atoms with Crippen molar-refractivity contribution in [1.82, 2.24) is 4.90 Å². The number of ether oxygens (including phenoxy) is 4. The molecule has 6 nitrogen and oxygen atoms in total. The highest BCUT2D eigenvalue weighted by Crippen LogP contribution is 2.29. The van der Waals surface area contributed by atoms with Gasteiger partial charge in [0.2, 0.25) is 5.91 Å². The number of hydrogen-bond acceptors (Lipinski definition) is 5. The van der Waals surface area contributed by atoms with Crippen LogP contribution in [0, 0.1) is 0 Å². The molecule has 28 heavy (non-hydrogen) atoms. The molecule has 6 heteroatoms. The monoisotopic (exact) mass is 385 g/mol. The number of benzene rings is 2. The molecule has 0 saturated carbocycles. The van der Waals surface area contributed by atoms with Gasteiger partial charge in [0, 0.05) is 19.2 Å². The Morgan fingerprint density at radius 3 is 2.00 bits per heavy atom. The van der Waals surface area contributed by atoms with Crippen molar-refractivity contribution in [2.45, 2.75) is 13.5 Å². The van der Waals surface area contributed by atoms with Gasteiger partial charge in [-0.3, -0.25) is 4.79 Å². The molecule has 150 valence electrons. The van der Waals surface area contributed by atoms with Gasteiger partial charge in [-0.2, -0.15) is 0 Å². The van der Waals surface area contributed by atoms with Crippen molar-refractivity contribution < 1.29 is 23.7 Å². The van der Waals surface area contributed by atoms with Gasteiger partial charge in [0.05, 0.1) is 28.4 Å². The molecule has 0 unspecified atom stereocenters. The molecule has 0 spiro atoms. The lowest BCUT2D eigenvalue weighted by Gasteiger charge is -2.20. The summed E-state index contributed by atoms with van der Waals surface area (Å²) in [5.74, 6) is 2.50. The highest BCUT2D eigenvalue weighted by atomic mass is 16.5. The van der Waals surface area contributed by atoms with E-state index in [0.717, 1.165) is 11.1 Å². The molecule has 0 aliphatic rings. The van der Waals surface area contributed by atoms with Crippen molar-refractivity contribution in [3.63, 3.8) is 0 Å². The first kappa shape index (κ1) is 21.2. The Hall–Kier alpha value is -3.15. The van der Waals surface area contributed by atoms with Crippen LogP contribution in [0.25, 0.3) is 6.08 Å². The maximum Gasteiger partial charge on any atom is 0.246 e. The molecule has 2 aromatic carbocycles. The predicted molar refractivity (Wildman–Crippen MR) is 109 cm³/mol. The normalized spacial score (nSPS) is 10.6. The molecule has 0 bridgehead atoms. The average Bonchev–Trinajstić information content (AvgIpc) is 2.75. The Balaban J connectivity index is 2.12. The second kappa shape index (κ2) is 10.3. The quantitative estimate of drug-likeness (QED) is 0.615. The molecular formula is C22H27NO5. The zero-order chi connectivity index (χ0) is 20.5. The Labute approximate surface area is 166 Å². The Kier molecular flexibility index (Phi) is 7.75. The molecule has 2 aromatic rings. The van der Waals surface area contributed by atoms with Crippen LogP contribution in [0.3, 0.4) is 0 Å². The van der Waals surface area contributed by atoms with Gasteiger partial charge in [-0.1, -0.05) is 12.1 Å². The van der Waals surface area contributed by atoms with Gasteiger partial charge >= 0.3 is 0 Å². The van der Waals surface area contributed by atoms with Crippen LogP contribution in [0.15, 0.2) is 42.5 Å². The lowest BCUT2D eigenvalue weighted by molar-refractivity contribution is -0.126. The van der Waals surface area contributed by atoms with E-state index in [4.69, 9.17) is 18.9 Å². The van der Waals surface area contributed by atoms with Gasteiger partial charge in [-0.25, -0.2) is 0 Å². The molecule has 0 aliphatic carbocycles. The molecular weight excluding hydrogens is 358 g/mol. The minimum atomic E-state index is -0.0768. The molecule has 0 aliphatic heterocycles. The van der Waals surface area contributed by atoms with E-state index < -0.39 is 0 Å². The molecule has 0 aromatic heterocycles. The Morgan fingerprint density at radius 2 is 1.43 bits per heavy atom. The SMILES string of the molecule is CCN(Cc1ccc(OC)c(OC)c1)C(=O)/C=C/c1ccc(OC)c(OC)c1. The fourth-order valence-electron chi connectivity index (χ4n) is 2.77. The van der Waals surface area contributed by atoms with Gasteiger partial charge in [0.15, 0.2) is 23.0 Å². The summed E-state index contributed by atoms with van der Waals surface area (Å²) in [6.45, 7) is 3.01. The zero-order valence-electron chi connectivity index (χ0n) is 17.0. The van der Waals surface area contributed by atoms with E-state index in [0.29, 0.717) is 36.1 Å². The fraction of sp³-hybridized carbons (Fsp3) is 0.318. The van der Waals surface area contributed by atoms with Crippen molar-refractivity contribution >= 4 is 12.0 Å². The summed E-state index contributed by atoms with van der Waals surface area (Å²) in [7, 11) is 6.36. The van der Waals surface area contributed by atoms with Gasteiger partial charge in [-0.05, 0) is 48.4 Å². The number of carbonyl (C=O) groups is 1. The number of likely N-dealkylation sites (N-methyl/N-ethyl adjacent to an activating group) is 1. The molecule has 0 radical (unpaired) electrons. The van der Waals surface area contributed by atoms with Crippen LogP contribution in [0.2, 0.25) is 0 Å². The van der Waals surface area contributed by atoms with E-state index in [9.17, 15) is 4.79 Å². The largest absolute Gasteiger partial charge is 0.493 e. The molecule has 0 atom stereocenters. The minimum absolute atomic E-state index is 0.0768. The van der Waals surface area contributed by atoms with Crippen molar-refractivity contribution in [3.05, 3.63) is 53.6 Å². The standard InChI is InChI=1S/C22H27NO5/c1-6-23(15-17-8-11-19(26-3)21(14-17)28-5)22(24)12-9-16-7-10-18(25-2)20(13-16)27-4/h7-14H,6,15H2,1-5H3/b12-9+. The maximum absolute atomic E-state index is 12.6. The molecule has 2 rings (SSSR count). The summed E-state index contributed by atoms with van der Waals surface area (Å²) in [6.07, 6.45) is 3.33. The smallest absolute Gasteiger partial charge is 0.246 e. The van der Waals surface area contributed by atoms with Crippen molar-refractivity contribution in [3.8, 4) is 23.0 Å². The van der Waals surface area contributed by atoms with E-state index in [-0.39, 0.29) is 5.91 Å². The summed E-state index contributed by atoms with van der Waals surface area (Å²) >= 11 is 0. The highest BCUT2D eigenvalue weighted by molar-refractivity contribution is 5.91. The number of hydrogen-bond donors (Lipinski definition) is 0. The lowest BCUT2D eigenvalue weighted by Crippen LogP contribution is -2.28. The lowest BCUT2D eigenvalue weighted by atomic mass is 10.1. The number of rotatable bonds is 9. The first-order valence-electron chi connectivity index (χ1n) is 8.96. The minimum Gasteiger partial charge on any atom is -0.493 e. The fourth-order valence-corrected chi connectivity index (χ4v) is 2.77. The van der Waals surface area contributed by atoms with E-state index in [2.05, 4.69) is 0 Å². The van der Waals surface area contributed by atoms with Crippen LogP contribution >= 0.6 is 0 Å². The Morgan fingerprint density at radius 1 is 0.857 bits per heavy atom. The second-order valence-electron chi connectivity index (χ2n) is 5.99. The van der Waals surface area contributed by atoms with Crippen LogP contribution in [-0.4, -0.2) is 45.8 Å². The topological polar surface area (TPSA) is 57.2 Å². The zero-order valence-corrected chi connectivity index (χ0v) is 17.0. The highest BCUT2D eigenvalue weighted by Gasteiger charge is 2.12. The van der Waals surface area contributed by atoms with Crippen molar-refractivity contribution in [1.29, 1.82) is 0 Å². The molecule has 0 N–H and O–H groups in total. The third kappa shape index (κ3) is 5.19. The van der Waals surface area contributed by atoms with Gasteiger partial charge in [0.25, 0.3) is 0 Å². The molecule has 0 heterocycles. The Bertz CT molecular complexity index is 832. The van der Waals surface area contributed by atoms with Crippen LogP contribution in [-0.2, 0) is 11.3 Å². The second-order valence-corrected chi connectivity index (χ2v) is 5.99.